The minimum absolute atomic E-state index is 0.0960. The van der Waals surface area contributed by atoms with E-state index in [1.807, 2.05) is 6.07 Å². The highest BCUT2D eigenvalue weighted by Gasteiger charge is 2.38. The van der Waals surface area contributed by atoms with Gasteiger partial charge in [-0.3, -0.25) is 19.0 Å². The third-order valence-electron chi connectivity index (χ3n) is 5.67. The van der Waals surface area contributed by atoms with Gasteiger partial charge in [-0.25, -0.2) is 4.98 Å². The van der Waals surface area contributed by atoms with E-state index in [1.165, 1.54) is 16.7 Å². The van der Waals surface area contributed by atoms with Crippen molar-refractivity contribution in [1.82, 2.24) is 14.9 Å². The van der Waals surface area contributed by atoms with Crippen molar-refractivity contribution < 1.29 is 19.4 Å². The van der Waals surface area contributed by atoms with E-state index >= 15 is 0 Å². The van der Waals surface area contributed by atoms with Crippen molar-refractivity contribution in [2.45, 2.75) is 34.2 Å². The van der Waals surface area contributed by atoms with E-state index in [2.05, 4.69) is 15.6 Å². The first kappa shape index (κ1) is 25.1. The van der Waals surface area contributed by atoms with E-state index in [-0.39, 0.29) is 31.5 Å². The molecule has 34 heavy (non-hydrogen) atoms. The molecule has 2 aromatic rings. The summed E-state index contributed by atoms with van der Waals surface area (Å²) in [5.74, 6) is -0.307. The fraction of sp³-hybridized carbons (Fsp3) is 0.458. The van der Waals surface area contributed by atoms with Crippen molar-refractivity contribution in [1.29, 1.82) is 5.26 Å². The molecule has 2 amide bonds. The Bertz CT molecular complexity index is 1200. The predicted molar refractivity (Wildman–Crippen MR) is 125 cm³/mol. The number of hydrogen-bond donors (Lipinski definition) is 3. The number of carbonyl (C=O) groups is 2. The molecule has 1 aromatic carbocycles. The molecule has 1 saturated heterocycles. The zero-order valence-electron chi connectivity index (χ0n) is 19.8. The molecule has 3 rings (SSSR count). The van der Waals surface area contributed by atoms with Gasteiger partial charge in [-0.15, -0.1) is 0 Å². The minimum atomic E-state index is -0.666. The second-order valence-electron chi connectivity index (χ2n) is 9.62. The molecule has 10 heteroatoms. The van der Waals surface area contributed by atoms with Crippen molar-refractivity contribution in [2.75, 3.05) is 31.7 Å². The van der Waals surface area contributed by atoms with Gasteiger partial charge in [0.25, 0.3) is 5.56 Å². The Balaban J connectivity index is 1.85. The number of aliphatic hydroxyl groups excluding tert-OH is 1. The minimum Gasteiger partial charge on any atom is -0.396 e. The van der Waals surface area contributed by atoms with Crippen molar-refractivity contribution >= 4 is 17.5 Å². The maximum Gasteiger partial charge on any atom is 0.254 e. The Kier molecular flexibility index (Phi) is 7.19. The Labute approximate surface area is 197 Å². The van der Waals surface area contributed by atoms with Crippen LogP contribution in [0.5, 0.6) is 0 Å². The highest BCUT2D eigenvalue weighted by molar-refractivity contribution is 5.98. The lowest BCUT2D eigenvalue weighted by Gasteiger charge is -2.39. The first-order valence-corrected chi connectivity index (χ1v) is 10.9. The Morgan fingerprint density at radius 2 is 2.00 bits per heavy atom. The highest BCUT2D eigenvalue weighted by atomic mass is 16.5. The second-order valence-corrected chi connectivity index (χ2v) is 9.62. The number of nitrogens with zero attached hydrogens (tertiary/aromatic N) is 3. The summed E-state index contributed by atoms with van der Waals surface area (Å²) < 4.78 is 6.37. The molecule has 0 atom stereocenters. The molecular formula is C24H29N5O5. The summed E-state index contributed by atoms with van der Waals surface area (Å²) in [4.78, 5) is 42.3. The third kappa shape index (κ3) is 5.50. The summed E-state index contributed by atoms with van der Waals surface area (Å²) in [6, 6.07) is 8.09. The van der Waals surface area contributed by atoms with Crippen molar-refractivity contribution in [3.63, 3.8) is 0 Å². The SMILES string of the molecule is Cc1nc(-c2ccc(C#N)cc2NC(=O)C(C)(C)C)cc(=O)n1CC(=O)NCC1(CO)COC1. The second kappa shape index (κ2) is 9.75. The Morgan fingerprint density at radius 1 is 1.29 bits per heavy atom. The number of aryl methyl sites for hydroxylation is 1. The molecule has 1 aromatic heterocycles. The Morgan fingerprint density at radius 3 is 2.53 bits per heavy atom. The van der Waals surface area contributed by atoms with Crippen LogP contribution in [0.3, 0.4) is 0 Å². The summed E-state index contributed by atoms with van der Waals surface area (Å²) in [7, 11) is 0. The molecule has 0 aliphatic carbocycles. The molecule has 0 radical (unpaired) electrons. The van der Waals surface area contributed by atoms with Gasteiger partial charge < -0.3 is 20.5 Å². The summed E-state index contributed by atoms with van der Waals surface area (Å²) >= 11 is 0. The number of aliphatic hydroxyl groups is 1. The lowest BCUT2D eigenvalue weighted by atomic mass is 9.87. The number of benzene rings is 1. The van der Waals surface area contributed by atoms with Crippen LogP contribution in [0.2, 0.25) is 0 Å². The maximum absolute atomic E-state index is 12.9. The first-order chi connectivity index (χ1) is 16.0. The molecule has 0 spiro atoms. The number of hydrogen-bond acceptors (Lipinski definition) is 7. The number of nitriles is 1. The average molecular weight is 468 g/mol. The fourth-order valence-corrected chi connectivity index (χ4v) is 3.33. The molecule has 0 saturated carbocycles. The number of carbonyl (C=O) groups excluding carboxylic acids is 2. The van der Waals surface area contributed by atoms with E-state index < -0.39 is 16.4 Å². The summed E-state index contributed by atoms with van der Waals surface area (Å²) in [5.41, 5.74) is -0.0347. The van der Waals surface area contributed by atoms with E-state index in [1.54, 1.807) is 39.8 Å². The lowest BCUT2D eigenvalue weighted by molar-refractivity contribution is -0.141. The van der Waals surface area contributed by atoms with Crippen molar-refractivity contribution in [3.05, 3.63) is 46.0 Å². The van der Waals surface area contributed by atoms with Gasteiger partial charge in [0.15, 0.2) is 0 Å². The monoisotopic (exact) mass is 467 g/mol. The van der Waals surface area contributed by atoms with Gasteiger partial charge in [0, 0.05) is 23.6 Å². The van der Waals surface area contributed by atoms with Crippen LogP contribution in [0.1, 0.15) is 32.2 Å². The van der Waals surface area contributed by atoms with Crippen LogP contribution in [0.25, 0.3) is 11.3 Å². The van der Waals surface area contributed by atoms with Crippen LogP contribution in [-0.2, 0) is 20.9 Å². The molecule has 1 aliphatic heterocycles. The van der Waals surface area contributed by atoms with Crippen LogP contribution < -0.4 is 16.2 Å². The Hall–Kier alpha value is -3.55. The zero-order chi connectivity index (χ0) is 25.1. The van der Waals surface area contributed by atoms with Crippen LogP contribution in [0.15, 0.2) is 29.1 Å². The predicted octanol–water partition coefficient (Wildman–Crippen LogP) is 1.20. The topological polar surface area (TPSA) is 146 Å². The van der Waals surface area contributed by atoms with E-state index in [0.29, 0.717) is 41.5 Å². The van der Waals surface area contributed by atoms with Crippen molar-refractivity contribution in [2.24, 2.45) is 10.8 Å². The molecule has 2 heterocycles. The van der Waals surface area contributed by atoms with Gasteiger partial charge >= 0.3 is 0 Å². The number of ether oxygens (including phenoxy) is 1. The normalized spacial score (nSPS) is 14.6. The molecule has 1 fully saturated rings. The third-order valence-corrected chi connectivity index (χ3v) is 5.67. The highest BCUT2D eigenvalue weighted by Crippen LogP contribution is 2.29. The zero-order valence-corrected chi connectivity index (χ0v) is 19.8. The van der Waals surface area contributed by atoms with Crippen molar-refractivity contribution in [3.8, 4) is 17.3 Å². The molecule has 10 nitrogen and oxygen atoms in total. The molecule has 1 aliphatic rings. The largest absolute Gasteiger partial charge is 0.396 e. The maximum atomic E-state index is 12.9. The molecule has 0 unspecified atom stereocenters. The first-order valence-electron chi connectivity index (χ1n) is 10.9. The van der Waals surface area contributed by atoms with Gasteiger partial charge in [-0.2, -0.15) is 5.26 Å². The summed E-state index contributed by atoms with van der Waals surface area (Å²) in [6.45, 7) is 7.60. The van der Waals surface area contributed by atoms with Gasteiger partial charge in [-0.05, 0) is 25.1 Å². The number of anilines is 1. The van der Waals surface area contributed by atoms with E-state index in [0.717, 1.165) is 0 Å². The molecular weight excluding hydrogens is 438 g/mol. The summed E-state index contributed by atoms with van der Waals surface area (Å²) in [6.07, 6.45) is 0. The molecule has 0 bridgehead atoms. The number of amides is 2. The van der Waals surface area contributed by atoms with Crippen LogP contribution in [-0.4, -0.2) is 52.8 Å². The smallest absolute Gasteiger partial charge is 0.254 e. The quantitative estimate of drug-likeness (QED) is 0.554. The standard InChI is InChI=1S/C24H29N5O5/c1-15-27-19(17-6-5-16(9-25)7-18(17)28-22(33)23(2,3)4)8-21(32)29(15)10-20(31)26-11-24(12-30)13-34-14-24/h5-8,30H,10-14H2,1-4H3,(H,26,31)(H,28,33). The van der Waals surface area contributed by atoms with Gasteiger partial charge in [0.1, 0.15) is 12.4 Å². The van der Waals surface area contributed by atoms with Crippen LogP contribution >= 0.6 is 0 Å². The van der Waals surface area contributed by atoms with E-state index in [4.69, 9.17) is 4.74 Å². The van der Waals surface area contributed by atoms with Crippen LogP contribution in [0, 0.1) is 29.1 Å². The van der Waals surface area contributed by atoms with E-state index in [9.17, 15) is 24.8 Å². The fourth-order valence-electron chi connectivity index (χ4n) is 3.33. The van der Waals surface area contributed by atoms with Gasteiger partial charge in [0.05, 0.1) is 48.2 Å². The van der Waals surface area contributed by atoms with Gasteiger partial charge in [0.2, 0.25) is 11.8 Å². The van der Waals surface area contributed by atoms with Gasteiger partial charge in [-0.1, -0.05) is 20.8 Å². The lowest BCUT2D eigenvalue weighted by Crippen LogP contribution is -2.53. The molecule has 180 valence electrons. The average Bonchev–Trinajstić information content (AvgIpc) is 2.75. The number of rotatable bonds is 7. The number of aromatic nitrogens is 2. The molecule has 3 N–H and O–H groups in total. The van der Waals surface area contributed by atoms with Crippen LogP contribution in [0.4, 0.5) is 5.69 Å². The number of nitrogens with one attached hydrogen (secondary N) is 2. The summed E-state index contributed by atoms with van der Waals surface area (Å²) in [5, 5.41) is 24.3.